The first kappa shape index (κ1) is 35.3. The summed E-state index contributed by atoms with van der Waals surface area (Å²) in [6.45, 7) is 16.2. The van der Waals surface area contributed by atoms with Crippen LogP contribution in [-0.2, 0) is 10.8 Å². The average molecular weight is 725 g/mol. The van der Waals surface area contributed by atoms with Crippen LogP contribution in [-0.4, -0.2) is 0 Å². The fourth-order valence-corrected chi connectivity index (χ4v) is 9.25. The summed E-state index contributed by atoms with van der Waals surface area (Å²) in [6.07, 6.45) is 20.2. The summed E-state index contributed by atoms with van der Waals surface area (Å²) in [7, 11) is 0. The van der Waals surface area contributed by atoms with Gasteiger partial charge in [0.2, 0.25) is 0 Å². The second-order valence-corrected chi connectivity index (χ2v) is 16.2. The summed E-state index contributed by atoms with van der Waals surface area (Å²) in [5.74, 6) is 0. The van der Waals surface area contributed by atoms with Crippen molar-refractivity contribution in [1.82, 2.24) is 0 Å². The quantitative estimate of drug-likeness (QED) is 0.144. The lowest BCUT2D eigenvalue weighted by molar-refractivity contribution is 0.652. The van der Waals surface area contributed by atoms with Gasteiger partial charge in [0.1, 0.15) is 0 Å². The lowest BCUT2D eigenvalue weighted by atomic mass is 9.79. The number of hydrogen-bond acceptors (Lipinski definition) is 2. The molecule has 0 spiro atoms. The number of anilines is 4. The molecule has 274 valence electrons. The van der Waals surface area contributed by atoms with Gasteiger partial charge in [0.25, 0.3) is 0 Å². The van der Waals surface area contributed by atoms with Crippen molar-refractivity contribution >= 4 is 33.5 Å². The highest BCUT2D eigenvalue weighted by atomic mass is 15.2. The number of para-hydroxylation sites is 2. The highest BCUT2D eigenvalue weighted by Gasteiger charge is 2.43. The van der Waals surface area contributed by atoms with Crippen LogP contribution < -0.4 is 9.80 Å². The molecule has 9 rings (SSSR count). The molecule has 0 aliphatic heterocycles. The van der Waals surface area contributed by atoms with E-state index in [1.807, 2.05) is 13.0 Å². The van der Waals surface area contributed by atoms with Crippen molar-refractivity contribution in [2.24, 2.45) is 0 Å². The van der Waals surface area contributed by atoms with Crippen molar-refractivity contribution in [1.29, 1.82) is 0 Å². The van der Waals surface area contributed by atoms with E-state index in [2.05, 4.69) is 214 Å². The van der Waals surface area contributed by atoms with E-state index in [0.717, 1.165) is 29.2 Å². The molecule has 0 atom stereocenters. The summed E-state index contributed by atoms with van der Waals surface area (Å²) < 4.78 is 0. The van der Waals surface area contributed by atoms with Crippen LogP contribution in [0.5, 0.6) is 0 Å². The molecular formula is C54H48N2. The van der Waals surface area contributed by atoms with Gasteiger partial charge in [0.05, 0.1) is 5.69 Å². The van der Waals surface area contributed by atoms with Gasteiger partial charge in [-0.3, -0.25) is 0 Å². The Morgan fingerprint density at radius 1 is 0.607 bits per heavy atom. The molecule has 2 nitrogen and oxygen atoms in total. The molecule has 0 radical (unpaired) electrons. The Morgan fingerprint density at radius 2 is 1.25 bits per heavy atom. The third kappa shape index (κ3) is 5.63. The maximum Gasteiger partial charge on any atom is 0.0543 e. The minimum atomic E-state index is -0.230. The first-order valence-electron chi connectivity index (χ1n) is 19.8. The smallest absolute Gasteiger partial charge is 0.0543 e. The van der Waals surface area contributed by atoms with E-state index in [9.17, 15) is 0 Å². The maximum atomic E-state index is 4.59. The molecule has 6 aromatic rings. The predicted molar refractivity (Wildman–Crippen MR) is 240 cm³/mol. The first-order chi connectivity index (χ1) is 27.2. The molecule has 0 fully saturated rings. The Hall–Kier alpha value is -6.38. The fraction of sp³-hybridized carbons (Fsp3) is 0.148. The molecule has 0 bridgehead atoms. The molecule has 0 heterocycles. The zero-order valence-corrected chi connectivity index (χ0v) is 33.1. The lowest BCUT2D eigenvalue weighted by Gasteiger charge is -2.30. The zero-order chi connectivity index (χ0) is 38.6. The third-order valence-electron chi connectivity index (χ3n) is 12.1. The summed E-state index contributed by atoms with van der Waals surface area (Å²) >= 11 is 0. The number of benzene rings is 6. The van der Waals surface area contributed by atoms with E-state index in [1.54, 1.807) is 0 Å². The highest BCUT2D eigenvalue weighted by Crippen LogP contribution is 2.59. The minimum absolute atomic E-state index is 0.197. The molecule has 0 amide bonds. The van der Waals surface area contributed by atoms with Crippen LogP contribution in [0.1, 0.15) is 63.3 Å². The van der Waals surface area contributed by atoms with Gasteiger partial charge in [-0.05, 0) is 130 Å². The number of rotatable bonds is 8. The Bertz CT molecular complexity index is 2680. The molecule has 0 aromatic heterocycles. The van der Waals surface area contributed by atoms with Gasteiger partial charge in [-0.15, -0.1) is 0 Å². The molecule has 0 saturated heterocycles. The third-order valence-corrected chi connectivity index (χ3v) is 12.1. The summed E-state index contributed by atoms with van der Waals surface area (Å²) in [4.78, 5) is 4.71. The molecular weight excluding hydrogens is 677 g/mol. The summed E-state index contributed by atoms with van der Waals surface area (Å²) in [5, 5.41) is 2.48. The molecule has 0 saturated carbocycles. The van der Waals surface area contributed by atoms with Crippen LogP contribution in [0.2, 0.25) is 0 Å². The first-order valence-corrected chi connectivity index (χ1v) is 19.8. The standard InChI is InChI=1S/C54H48N2/c1-7-8-13-22-37(2)55(38-23-16-11-17-24-38)51-36-50-52(44-30-21-20-29-43(44)51)46-35-48-45(34-49(46)54(50,5)6)42-32-31-41(33-47(42)53(48,3)4)56(40-27-18-12-19-28-40)39-25-14-9-10-15-26-39/h7-14,16-36H,2,15H2,1,3-6H3/b8-7-,22-13-. The van der Waals surface area contributed by atoms with Crippen molar-refractivity contribution in [2.45, 2.75) is 51.9 Å². The topological polar surface area (TPSA) is 6.48 Å². The van der Waals surface area contributed by atoms with Gasteiger partial charge in [-0.1, -0.05) is 144 Å². The normalized spacial score (nSPS) is 15.7. The monoisotopic (exact) mass is 724 g/mol. The van der Waals surface area contributed by atoms with Gasteiger partial charge in [-0.25, -0.2) is 0 Å². The maximum absolute atomic E-state index is 4.59. The van der Waals surface area contributed by atoms with E-state index >= 15 is 0 Å². The zero-order valence-electron chi connectivity index (χ0n) is 33.1. The van der Waals surface area contributed by atoms with E-state index in [-0.39, 0.29) is 10.8 Å². The molecule has 0 unspecified atom stereocenters. The molecule has 0 N–H and O–H groups in total. The van der Waals surface area contributed by atoms with Crippen LogP contribution in [0, 0.1) is 0 Å². The van der Waals surface area contributed by atoms with Crippen LogP contribution in [0.4, 0.5) is 22.7 Å². The average Bonchev–Trinajstić information content (AvgIpc) is 3.39. The van der Waals surface area contributed by atoms with Gasteiger partial charge in [0, 0.05) is 44.7 Å². The van der Waals surface area contributed by atoms with Crippen LogP contribution >= 0.6 is 0 Å². The second kappa shape index (κ2) is 13.7. The van der Waals surface area contributed by atoms with Crippen molar-refractivity contribution in [3.63, 3.8) is 0 Å². The predicted octanol–water partition coefficient (Wildman–Crippen LogP) is 14.8. The molecule has 2 heteroatoms. The highest BCUT2D eigenvalue weighted by molar-refractivity contribution is 6.10. The van der Waals surface area contributed by atoms with Crippen molar-refractivity contribution in [3.05, 3.63) is 216 Å². The van der Waals surface area contributed by atoms with Crippen molar-refractivity contribution in [2.75, 3.05) is 9.80 Å². The Balaban J connectivity index is 1.20. The van der Waals surface area contributed by atoms with Gasteiger partial charge >= 0.3 is 0 Å². The summed E-state index contributed by atoms with van der Waals surface area (Å²) in [5.41, 5.74) is 17.1. The van der Waals surface area contributed by atoms with Crippen LogP contribution in [0.15, 0.2) is 194 Å². The number of nitrogens with zero attached hydrogens (tertiary/aromatic N) is 2. The van der Waals surface area contributed by atoms with Crippen molar-refractivity contribution < 1.29 is 0 Å². The number of hydrogen-bond donors (Lipinski definition) is 0. The fourth-order valence-electron chi connectivity index (χ4n) is 9.25. The Kier molecular flexibility index (Phi) is 8.66. The molecule has 3 aliphatic rings. The number of allylic oxidation sites excluding steroid dienone is 9. The Labute approximate surface area is 332 Å². The summed E-state index contributed by atoms with van der Waals surface area (Å²) in [6, 6.07) is 44.9. The van der Waals surface area contributed by atoms with Crippen molar-refractivity contribution in [3.8, 4) is 22.3 Å². The van der Waals surface area contributed by atoms with E-state index in [1.165, 1.54) is 66.7 Å². The number of fused-ring (bicyclic) bond motifs is 8. The van der Waals surface area contributed by atoms with Gasteiger partial charge in [-0.2, -0.15) is 0 Å². The Morgan fingerprint density at radius 3 is 2.00 bits per heavy atom. The largest absolute Gasteiger partial charge is 0.311 e. The van der Waals surface area contributed by atoms with Crippen LogP contribution in [0.3, 0.4) is 0 Å². The van der Waals surface area contributed by atoms with Gasteiger partial charge in [0.15, 0.2) is 0 Å². The SMILES string of the molecule is C=C(/C=C\C=C/C)N(c1ccccc1)c1cc2c(c3ccccc13)-c1cc3c(cc1C2(C)C)-c1ccc(N(C2=CCC=CC=C2)c2ccccc2)cc1C3(C)C. The minimum Gasteiger partial charge on any atom is -0.311 e. The second-order valence-electron chi connectivity index (χ2n) is 16.2. The van der Waals surface area contributed by atoms with E-state index in [4.69, 9.17) is 0 Å². The van der Waals surface area contributed by atoms with E-state index in [0.29, 0.717) is 0 Å². The molecule has 3 aliphatic carbocycles. The van der Waals surface area contributed by atoms with Crippen LogP contribution in [0.25, 0.3) is 33.0 Å². The molecule has 6 aromatic carbocycles. The lowest BCUT2D eigenvalue weighted by Crippen LogP contribution is -2.19. The molecule has 56 heavy (non-hydrogen) atoms. The van der Waals surface area contributed by atoms with E-state index < -0.39 is 0 Å². The van der Waals surface area contributed by atoms with Gasteiger partial charge < -0.3 is 9.80 Å².